The second-order valence-corrected chi connectivity index (χ2v) is 6.70. The first-order valence-corrected chi connectivity index (χ1v) is 8.93. The van der Waals surface area contributed by atoms with Gasteiger partial charge in [0.1, 0.15) is 5.65 Å². The van der Waals surface area contributed by atoms with Crippen LogP contribution in [-0.4, -0.2) is 38.0 Å². The third kappa shape index (κ3) is 3.87. The first-order valence-electron chi connectivity index (χ1n) is 8.14. The number of pyridine rings is 1. The summed E-state index contributed by atoms with van der Waals surface area (Å²) in [5.41, 5.74) is 2.23. The number of fused-ring (bicyclic) bond motifs is 1. The number of nitro groups is 1. The molecule has 2 aromatic heterocycles. The first kappa shape index (κ1) is 18.7. The van der Waals surface area contributed by atoms with E-state index in [1.165, 1.54) is 17.1 Å². The first-order chi connectivity index (χ1) is 12.9. The summed E-state index contributed by atoms with van der Waals surface area (Å²) in [5, 5.41) is 16.5. The number of benzene rings is 1. The van der Waals surface area contributed by atoms with Crippen molar-refractivity contribution in [3.8, 4) is 0 Å². The van der Waals surface area contributed by atoms with E-state index in [1.807, 2.05) is 22.7 Å². The number of halogens is 1. The van der Waals surface area contributed by atoms with Gasteiger partial charge in [-0.05, 0) is 47.5 Å². The number of carbonyl (C=O) groups is 1. The number of aromatic nitrogens is 2. The smallest absolute Gasteiger partial charge is 0.274 e. The molecule has 0 N–H and O–H groups in total. The number of non-ortho nitro benzene ring substituents is 1. The lowest BCUT2D eigenvalue weighted by molar-refractivity contribution is -0.384. The minimum atomic E-state index is -0.522. The van der Waals surface area contributed by atoms with Crippen LogP contribution in [0.15, 0.2) is 52.3 Å². The van der Waals surface area contributed by atoms with Crippen LogP contribution < -0.4 is 0 Å². The molecule has 0 unspecified atom stereocenters. The summed E-state index contributed by atoms with van der Waals surface area (Å²) in [6.07, 6.45) is 5.05. The minimum Gasteiger partial charge on any atom is -0.298 e. The van der Waals surface area contributed by atoms with Gasteiger partial charge in [-0.3, -0.25) is 19.3 Å². The van der Waals surface area contributed by atoms with Crippen molar-refractivity contribution >= 4 is 39.4 Å². The highest BCUT2D eigenvalue weighted by molar-refractivity contribution is 9.10. The Balaban J connectivity index is 1.91. The molecule has 0 aliphatic rings. The van der Waals surface area contributed by atoms with Crippen molar-refractivity contribution in [2.75, 3.05) is 6.54 Å². The van der Waals surface area contributed by atoms with E-state index in [9.17, 15) is 14.9 Å². The van der Waals surface area contributed by atoms with Crippen LogP contribution in [0.5, 0.6) is 0 Å². The maximum Gasteiger partial charge on any atom is 0.274 e. The molecule has 2 heterocycles. The zero-order valence-corrected chi connectivity index (χ0v) is 16.3. The number of carbonyl (C=O) groups excluding carboxylic acids is 1. The van der Waals surface area contributed by atoms with Crippen molar-refractivity contribution in [1.82, 2.24) is 14.4 Å². The SMILES string of the molecule is CCN(/N=C/c1cnc2ccc(Br)cn12)C(=O)c1cc([N+](=O)[O-])ccc1C. The molecule has 0 bridgehead atoms. The van der Waals surface area contributed by atoms with E-state index in [1.54, 1.807) is 32.3 Å². The van der Waals surface area contributed by atoms with Gasteiger partial charge in [-0.1, -0.05) is 6.07 Å². The largest absolute Gasteiger partial charge is 0.298 e. The summed E-state index contributed by atoms with van der Waals surface area (Å²) in [5.74, 6) is -0.398. The number of aryl methyl sites for hydroxylation is 1. The molecule has 0 radical (unpaired) electrons. The van der Waals surface area contributed by atoms with E-state index < -0.39 is 10.8 Å². The Morgan fingerprint density at radius 1 is 1.41 bits per heavy atom. The van der Waals surface area contributed by atoms with Gasteiger partial charge in [0.25, 0.3) is 11.6 Å². The molecule has 27 heavy (non-hydrogen) atoms. The van der Waals surface area contributed by atoms with Gasteiger partial charge in [-0.15, -0.1) is 0 Å². The summed E-state index contributed by atoms with van der Waals surface area (Å²) in [6.45, 7) is 3.83. The van der Waals surface area contributed by atoms with Crippen LogP contribution in [0.2, 0.25) is 0 Å². The van der Waals surface area contributed by atoms with Gasteiger partial charge in [-0.2, -0.15) is 5.10 Å². The molecule has 0 fully saturated rings. The summed E-state index contributed by atoms with van der Waals surface area (Å²) in [6, 6.07) is 7.96. The van der Waals surface area contributed by atoms with Gasteiger partial charge < -0.3 is 0 Å². The van der Waals surface area contributed by atoms with E-state index in [-0.39, 0.29) is 11.3 Å². The lowest BCUT2D eigenvalue weighted by atomic mass is 10.1. The Kier molecular flexibility index (Phi) is 5.31. The van der Waals surface area contributed by atoms with Crippen molar-refractivity contribution in [1.29, 1.82) is 0 Å². The molecule has 3 rings (SSSR count). The van der Waals surface area contributed by atoms with Crippen LogP contribution >= 0.6 is 15.9 Å². The fourth-order valence-corrected chi connectivity index (χ4v) is 2.91. The van der Waals surface area contributed by atoms with Gasteiger partial charge in [0.2, 0.25) is 0 Å². The normalized spacial score (nSPS) is 11.2. The quantitative estimate of drug-likeness (QED) is 0.350. The second kappa shape index (κ2) is 7.67. The second-order valence-electron chi connectivity index (χ2n) is 5.78. The van der Waals surface area contributed by atoms with Gasteiger partial charge in [0, 0.05) is 29.3 Å². The topological polar surface area (TPSA) is 93.1 Å². The molecule has 9 heteroatoms. The van der Waals surface area contributed by atoms with E-state index in [0.717, 1.165) is 10.1 Å². The van der Waals surface area contributed by atoms with E-state index in [0.29, 0.717) is 17.8 Å². The maximum absolute atomic E-state index is 12.8. The highest BCUT2D eigenvalue weighted by Crippen LogP contribution is 2.19. The molecule has 138 valence electrons. The number of amides is 1. The summed E-state index contributed by atoms with van der Waals surface area (Å²) < 4.78 is 2.73. The number of hydrogen-bond acceptors (Lipinski definition) is 5. The fourth-order valence-electron chi connectivity index (χ4n) is 2.57. The highest BCUT2D eigenvalue weighted by atomic mass is 79.9. The third-order valence-electron chi connectivity index (χ3n) is 4.02. The van der Waals surface area contributed by atoms with E-state index in [4.69, 9.17) is 0 Å². The van der Waals surface area contributed by atoms with Crippen molar-refractivity contribution < 1.29 is 9.72 Å². The molecule has 0 aliphatic heterocycles. The number of hydrazone groups is 1. The van der Waals surface area contributed by atoms with Crippen molar-refractivity contribution in [2.45, 2.75) is 13.8 Å². The number of nitrogens with zero attached hydrogens (tertiary/aromatic N) is 5. The van der Waals surface area contributed by atoms with Crippen molar-refractivity contribution in [3.63, 3.8) is 0 Å². The zero-order valence-electron chi connectivity index (χ0n) is 14.7. The van der Waals surface area contributed by atoms with Crippen LogP contribution in [0.4, 0.5) is 5.69 Å². The lowest BCUT2D eigenvalue weighted by Crippen LogP contribution is -2.26. The molecule has 0 aliphatic carbocycles. The summed E-state index contributed by atoms with van der Waals surface area (Å²) in [7, 11) is 0. The van der Waals surface area contributed by atoms with Crippen molar-refractivity contribution in [3.05, 3.63) is 74.1 Å². The molecular formula is C18H16BrN5O3. The standard InChI is InChI=1S/C18H16BrN5O3/c1-3-23(18(25)16-8-14(24(26)27)6-4-12(16)2)21-10-15-9-20-17-7-5-13(19)11-22(15)17/h4-11H,3H2,1-2H3/b21-10+. The zero-order chi connectivity index (χ0) is 19.6. The fraction of sp³-hybridized carbons (Fsp3) is 0.167. The average Bonchev–Trinajstić information content (AvgIpc) is 3.04. The molecule has 1 aromatic carbocycles. The molecule has 3 aromatic rings. The van der Waals surface area contributed by atoms with E-state index in [2.05, 4.69) is 26.0 Å². The molecule has 1 amide bonds. The lowest BCUT2D eigenvalue weighted by Gasteiger charge is -2.16. The Labute approximate surface area is 163 Å². The van der Waals surface area contributed by atoms with Gasteiger partial charge in [-0.25, -0.2) is 9.99 Å². The Morgan fingerprint density at radius 3 is 2.89 bits per heavy atom. The average molecular weight is 430 g/mol. The predicted molar refractivity (Wildman–Crippen MR) is 105 cm³/mol. The van der Waals surface area contributed by atoms with Crippen LogP contribution in [0, 0.1) is 17.0 Å². The molecule has 8 nitrogen and oxygen atoms in total. The van der Waals surface area contributed by atoms with E-state index >= 15 is 0 Å². The van der Waals surface area contributed by atoms with Gasteiger partial charge >= 0.3 is 0 Å². The number of rotatable bonds is 5. The molecular weight excluding hydrogens is 414 g/mol. The molecule has 0 spiro atoms. The van der Waals surface area contributed by atoms with Crippen molar-refractivity contribution in [2.24, 2.45) is 5.10 Å². The predicted octanol–water partition coefficient (Wildman–Crippen LogP) is 3.81. The number of hydrogen-bond donors (Lipinski definition) is 0. The van der Waals surface area contributed by atoms with Crippen LogP contribution in [-0.2, 0) is 0 Å². The number of imidazole rings is 1. The Morgan fingerprint density at radius 2 is 2.19 bits per heavy atom. The van der Waals surface area contributed by atoms with Crippen LogP contribution in [0.1, 0.15) is 28.5 Å². The van der Waals surface area contributed by atoms with Gasteiger partial charge in [0.05, 0.1) is 28.6 Å². The highest BCUT2D eigenvalue weighted by Gasteiger charge is 2.19. The number of nitro benzene ring substituents is 1. The molecule has 0 atom stereocenters. The Bertz CT molecular complexity index is 1060. The Hall–Kier alpha value is -3.07. The summed E-state index contributed by atoms with van der Waals surface area (Å²) >= 11 is 3.41. The molecule has 0 saturated heterocycles. The monoisotopic (exact) mass is 429 g/mol. The third-order valence-corrected chi connectivity index (χ3v) is 4.49. The van der Waals surface area contributed by atoms with Crippen LogP contribution in [0.25, 0.3) is 5.65 Å². The maximum atomic E-state index is 12.8. The van der Waals surface area contributed by atoms with Gasteiger partial charge in [0.15, 0.2) is 0 Å². The minimum absolute atomic E-state index is 0.129. The summed E-state index contributed by atoms with van der Waals surface area (Å²) in [4.78, 5) is 27.6. The van der Waals surface area contributed by atoms with Crippen LogP contribution in [0.3, 0.4) is 0 Å². The molecule has 0 saturated carbocycles.